The van der Waals surface area contributed by atoms with Crippen LogP contribution in [0.15, 0.2) is 36.8 Å². The predicted octanol–water partition coefficient (Wildman–Crippen LogP) is 3.97. The number of benzene rings is 1. The Hall–Kier alpha value is -3.04. The highest BCUT2D eigenvalue weighted by atomic mass is 19.4. The van der Waals surface area contributed by atoms with Crippen LogP contribution in [0.3, 0.4) is 0 Å². The molecule has 1 unspecified atom stereocenters. The van der Waals surface area contributed by atoms with E-state index in [0.29, 0.717) is 11.3 Å². The number of aliphatic carboxylic acids is 1. The highest BCUT2D eigenvalue weighted by Gasteiger charge is 2.31. The van der Waals surface area contributed by atoms with Crippen molar-refractivity contribution < 1.29 is 33.0 Å². The second kappa shape index (κ2) is 9.64. The van der Waals surface area contributed by atoms with Crippen molar-refractivity contribution in [1.82, 2.24) is 14.5 Å². The number of amides is 1. The Balaban J connectivity index is 2.15. The van der Waals surface area contributed by atoms with Gasteiger partial charge in [0.15, 0.2) is 0 Å². The lowest BCUT2D eigenvalue weighted by Crippen LogP contribution is -2.46. The Morgan fingerprint density at radius 2 is 1.93 bits per heavy atom. The average Bonchev–Trinajstić information content (AvgIpc) is 3.06. The van der Waals surface area contributed by atoms with E-state index in [1.807, 2.05) is 0 Å². The molecule has 0 fully saturated rings. The lowest BCUT2D eigenvalue weighted by atomic mass is 10.0. The number of hydrogen-bond acceptors (Lipinski definition) is 3. The fraction of sp³-hybridized carbons (Fsp3) is 0.450. The molecule has 10 heteroatoms. The summed E-state index contributed by atoms with van der Waals surface area (Å²) in [5, 5.41) is 18.9. The van der Waals surface area contributed by atoms with Gasteiger partial charge in [-0.2, -0.15) is 13.2 Å². The molecule has 0 bridgehead atoms. The maximum absolute atomic E-state index is 12.9. The minimum absolute atomic E-state index is 0.0145. The standard InChI is InChI=1S/C20H24F3N3O4/c1-13(2)8-17(18(27)28)26(19(29)30)7-6-16-10-24-12-25(16)11-14-4-3-5-15(9-14)20(21,22)23/h3-5,9-10,12-13,17H,6-8,11H2,1-2H3,(H,27,28)(H,29,30). The molecule has 2 rings (SSSR count). The zero-order chi connectivity index (χ0) is 22.5. The molecule has 0 radical (unpaired) electrons. The molecular weight excluding hydrogens is 403 g/mol. The van der Waals surface area contributed by atoms with E-state index in [4.69, 9.17) is 0 Å². The fourth-order valence-corrected chi connectivity index (χ4v) is 3.17. The van der Waals surface area contributed by atoms with Crippen LogP contribution in [0.2, 0.25) is 0 Å². The van der Waals surface area contributed by atoms with Crippen molar-refractivity contribution in [1.29, 1.82) is 0 Å². The van der Waals surface area contributed by atoms with E-state index in [1.54, 1.807) is 24.5 Å². The van der Waals surface area contributed by atoms with Gasteiger partial charge in [-0.1, -0.05) is 26.0 Å². The van der Waals surface area contributed by atoms with Crippen molar-refractivity contribution in [2.24, 2.45) is 5.92 Å². The molecule has 0 saturated heterocycles. The molecule has 2 aromatic rings. The molecular formula is C20H24F3N3O4. The van der Waals surface area contributed by atoms with Crippen molar-refractivity contribution in [3.63, 3.8) is 0 Å². The fourth-order valence-electron chi connectivity index (χ4n) is 3.17. The largest absolute Gasteiger partial charge is 0.480 e. The third kappa shape index (κ3) is 6.23. The first-order valence-electron chi connectivity index (χ1n) is 9.36. The van der Waals surface area contributed by atoms with E-state index >= 15 is 0 Å². The summed E-state index contributed by atoms with van der Waals surface area (Å²) in [7, 11) is 0. The van der Waals surface area contributed by atoms with Crippen molar-refractivity contribution in [3.8, 4) is 0 Å². The second-order valence-electron chi connectivity index (χ2n) is 7.42. The molecule has 0 spiro atoms. The third-order valence-corrected chi connectivity index (χ3v) is 4.62. The van der Waals surface area contributed by atoms with Crippen LogP contribution < -0.4 is 0 Å². The molecule has 1 atom stereocenters. The number of aromatic nitrogens is 2. The number of nitrogens with zero attached hydrogens (tertiary/aromatic N) is 3. The van der Waals surface area contributed by atoms with Gasteiger partial charge in [0.2, 0.25) is 0 Å². The quantitative estimate of drug-likeness (QED) is 0.631. The summed E-state index contributed by atoms with van der Waals surface area (Å²) in [4.78, 5) is 28.1. The third-order valence-electron chi connectivity index (χ3n) is 4.62. The summed E-state index contributed by atoms with van der Waals surface area (Å²) in [6.07, 6.45) is -2.50. The van der Waals surface area contributed by atoms with Crippen molar-refractivity contribution in [2.75, 3.05) is 6.54 Å². The summed E-state index contributed by atoms with van der Waals surface area (Å²) >= 11 is 0. The monoisotopic (exact) mass is 427 g/mol. The lowest BCUT2D eigenvalue weighted by molar-refractivity contribution is -0.143. The number of rotatable bonds is 9. The first kappa shape index (κ1) is 23.2. The van der Waals surface area contributed by atoms with Gasteiger partial charge in [0.25, 0.3) is 0 Å². The van der Waals surface area contributed by atoms with Crippen LogP contribution in [0.4, 0.5) is 18.0 Å². The second-order valence-corrected chi connectivity index (χ2v) is 7.42. The molecule has 164 valence electrons. The van der Waals surface area contributed by atoms with Gasteiger partial charge in [-0.15, -0.1) is 0 Å². The number of carboxylic acid groups (broad SMARTS) is 2. The predicted molar refractivity (Wildman–Crippen MR) is 102 cm³/mol. The number of hydrogen-bond donors (Lipinski definition) is 2. The number of carbonyl (C=O) groups is 2. The minimum Gasteiger partial charge on any atom is -0.480 e. The van der Waals surface area contributed by atoms with Crippen molar-refractivity contribution in [3.05, 3.63) is 53.6 Å². The number of carboxylic acids is 1. The van der Waals surface area contributed by atoms with E-state index in [2.05, 4.69) is 4.98 Å². The summed E-state index contributed by atoms with van der Waals surface area (Å²) in [5.74, 6) is -1.23. The summed E-state index contributed by atoms with van der Waals surface area (Å²) in [6, 6.07) is 3.75. The van der Waals surface area contributed by atoms with Gasteiger partial charge >= 0.3 is 18.2 Å². The number of halogens is 3. The molecule has 0 aliphatic rings. The highest BCUT2D eigenvalue weighted by Crippen LogP contribution is 2.29. The van der Waals surface area contributed by atoms with E-state index < -0.39 is 29.8 Å². The molecule has 0 saturated carbocycles. The van der Waals surface area contributed by atoms with E-state index in [1.165, 1.54) is 18.6 Å². The average molecular weight is 427 g/mol. The van der Waals surface area contributed by atoms with Crippen LogP contribution in [0, 0.1) is 5.92 Å². The van der Waals surface area contributed by atoms with Gasteiger partial charge in [0, 0.05) is 31.4 Å². The zero-order valence-corrected chi connectivity index (χ0v) is 16.6. The van der Waals surface area contributed by atoms with Gasteiger partial charge in [-0.05, 0) is 30.0 Å². The summed E-state index contributed by atoms with van der Waals surface area (Å²) in [6.45, 7) is 3.66. The van der Waals surface area contributed by atoms with Gasteiger partial charge in [0.05, 0.1) is 11.9 Å². The van der Waals surface area contributed by atoms with Crippen LogP contribution in [0.5, 0.6) is 0 Å². The Morgan fingerprint density at radius 1 is 1.23 bits per heavy atom. The van der Waals surface area contributed by atoms with E-state index in [-0.39, 0.29) is 31.8 Å². The molecule has 1 aromatic heterocycles. The van der Waals surface area contributed by atoms with Crippen LogP contribution in [-0.2, 0) is 23.9 Å². The van der Waals surface area contributed by atoms with Crippen LogP contribution >= 0.6 is 0 Å². The van der Waals surface area contributed by atoms with Crippen molar-refractivity contribution in [2.45, 2.75) is 45.5 Å². The van der Waals surface area contributed by atoms with E-state index in [9.17, 15) is 33.0 Å². The summed E-state index contributed by atoms with van der Waals surface area (Å²) < 4.78 is 40.4. The first-order valence-corrected chi connectivity index (χ1v) is 9.36. The molecule has 0 aliphatic carbocycles. The van der Waals surface area contributed by atoms with Crippen LogP contribution in [0.1, 0.15) is 37.1 Å². The highest BCUT2D eigenvalue weighted by molar-refractivity contribution is 5.79. The molecule has 7 nitrogen and oxygen atoms in total. The number of alkyl halides is 3. The maximum atomic E-state index is 12.9. The normalized spacial score (nSPS) is 12.7. The number of imidazole rings is 1. The minimum atomic E-state index is -4.45. The van der Waals surface area contributed by atoms with Crippen molar-refractivity contribution >= 4 is 12.1 Å². The molecule has 1 amide bonds. The SMILES string of the molecule is CC(C)CC(C(=O)O)N(CCc1cncn1Cc1cccc(C(F)(F)F)c1)C(=O)O. The first-order chi connectivity index (χ1) is 14.0. The Labute approximate surface area is 171 Å². The molecule has 2 N–H and O–H groups in total. The van der Waals surface area contributed by atoms with Crippen LogP contribution in [0.25, 0.3) is 0 Å². The Morgan fingerprint density at radius 3 is 2.50 bits per heavy atom. The Kier molecular flexibility index (Phi) is 7.47. The zero-order valence-electron chi connectivity index (χ0n) is 16.6. The maximum Gasteiger partial charge on any atom is 0.416 e. The Bertz CT molecular complexity index is 880. The lowest BCUT2D eigenvalue weighted by Gasteiger charge is -2.27. The van der Waals surface area contributed by atoms with Gasteiger partial charge in [-0.25, -0.2) is 14.6 Å². The smallest absolute Gasteiger partial charge is 0.416 e. The van der Waals surface area contributed by atoms with Gasteiger partial charge in [0.1, 0.15) is 6.04 Å². The van der Waals surface area contributed by atoms with E-state index in [0.717, 1.165) is 17.0 Å². The van der Waals surface area contributed by atoms with Crippen LogP contribution in [-0.4, -0.2) is 49.3 Å². The van der Waals surface area contributed by atoms with Gasteiger partial charge < -0.3 is 14.8 Å². The summed E-state index contributed by atoms with van der Waals surface area (Å²) in [5.41, 5.74) is 0.256. The molecule has 30 heavy (non-hydrogen) atoms. The molecule has 1 aromatic carbocycles. The molecule has 1 heterocycles. The molecule has 0 aliphatic heterocycles. The topological polar surface area (TPSA) is 95.7 Å². The van der Waals surface area contributed by atoms with Gasteiger partial charge in [-0.3, -0.25) is 4.90 Å².